The molecule has 0 spiro atoms. The normalized spacial score (nSPS) is 16.1. The minimum absolute atomic E-state index is 0.0242. The van der Waals surface area contributed by atoms with Crippen molar-refractivity contribution in [1.29, 1.82) is 0 Å². The maximum absolute atomic E-state index is 13.8. The van der Waals surface area contributed by atoms with E-state index in [0.717, 1.165) is 12.1 Å². The molecule has 4 rings (SSSR count). The van der Waals surface area contributed by atoms with Crippen LogP contribution in [0.25, 0.3) is 11.1 Å². The van der Waals surface area contributed by atoms with Crippen molar-refractivity contribution >= 4 is 5.91 Å². The molecule has 2 aromatic carbocycles. The van der Waals surface area contributed by atoms with Crippen molar-refractivity contribution in [2.75, 3.05) is 13.2 Å². The molecular weight excluding hydrogens is 428 g/mol. The van der Waals surface area contributed by atoms with Crippen LogP contribution in [-0.2, 0) is 10.9 Å². The Balaban J connectivity index is 1.65. The molecule has 1 unspecified atom stereocenters. The Labute approximate surface area is 181 Å². The van der Waals surface area contributed by atoms with Gasteiger partial charge < -0.3 is 14.8 Å². The topological polar surface area (TPSA) is 60.5 Å². The summed E-state index contributed by atoms with van der Waals surface area (Å²) in [6, 6.07) is 11.1. The van der Waals surface area contributed by atoms with Crippen LogP contribution in [0.4, 0.5) is 17.6 Å². The first kappa shape index (κ1) is 21.8. The quantitative estimate of drug-likeness (QED) is 0.546. The van der Waals surface area contributed by atoms with E-state index < -0.39 is 17.6 Å². The largest absolute Gasteiger partial charge is 0.438 e. The Morgan fingerprint density at radius 2 is 1.91 bits per heavy atom. The van der Waals surface area contributed by atoms with E-state index in [1.807, 2.05) is 0 Å². The molecule has 3 aromatic rings. The number of pyridine rings is 1. The Morgan fingerprint density at radius 3 is 2.56 bits per heavy atom. The van der Waals surface area contributed by atoms with Gasteiger partial charge in [-0.3, -0.25) is 4.79 Å². The predicted octanol–water partition coefficient (Wildman–Crippen LogP) is 5.22. The summed E-state index contributed by atoms with van der Waals surface area (Å²) in [4.78, 5) is 16.8. The molecule has 1 aromatic heterocycles. The van der Waals surface area contributed by atoms with Gasteiger partial charge in [0.2, 0.25) is 5.88 Å². The summed E-state index contributed by atoms with van der Waals surface area (Å²) < 4.78 is 63.2. The lowest BCUT2D eigenvalue weighted by Crippen LogP contribution is -2.35. The van der Waals surface area contributed by atoms with Gasteiger partial charge in [0.1, 0.15) is 11.6 Å². The summed E-state index contributed by atoms with van der Waals surface area (Å²) in [6.07, 6.45) is -2.47. The molecule has 2 heterocycles. The van der Waals surface area contributed by atoms with E-state index in [4.69, 9.17) is 9.47 Å². The Kier molecular flexibility index (Phi) is 6.09. The van der Waals surface area contributed by atoms with Crippen molar-refractivity contribution in [3.63, 3.8) is 0 Å². The molecule has 0 saturated carbocycles. The standard InChI is InChI=1S/C23H18F4N2O3/c24-17-3-1-2-14(10-17)20-11-15(21(30)29-18-8-9-31-13-18)12-28-22(20)32-19-6-4-16(5-7-19)23(25,26)27/h1-7,10-12,18H,8-9,13H2,(H,29,30). The summed E-state index contributed by atoms with van der Waals surface area (Å²) in [6.45, 7) is 0.989. The molecule has 1 aliphatic heterocycles. The first-order valence-corrected chi connectivity index (χ1v) is 9.79. The molecule has 1 fully saturated rings. The monoisotopic (exact) mass is 446 g/mol. The maximum Gasteiger partial charge on any atom is 0.416 e. The fraction of sp³-hybridized carbons (Fsp3) is 0.217. The fourth-order valence-corrected chi connectivity index (χ4v) is 3.26. The van der Waals surface area contributed by atoms with Gasteiger partial charge in [0.25, 0.3) is 5.91 Å². The van der Waals surface area contributed by atoms with E-state index in [1.54, 1.807) is 6.07 Å². The number of rotatable bonds is 5. The van der Waals surface area contributed by atoms with Gasteiger partial charge in [0.15, 0.2) is 0 Å². The first-order valence-electron chi connectivity index (χ1n) is 9.79. The molecule has 1 atom stereocenters. The second-order valence-corrected chi connectivity index (χ2v) is 7.25. The lowest BCUT2D eigenvalue weighted by molar-refractivity contribution is -0.137. The lowest BCUT2D eigenvalue weighted by Gasteiger charge is -2.14. The number of aromatic nitrogens is 1. The van der Waals surface area contributed by atoms with E-state index in [1.165, 1.54) is 42.6 Å². The molecule has 0 bridgehead atoms. The number of nitrogens with one attached hydrogen (secondary N) is 1. The van der Waals surface area contributed by atoms with Crippen LogP contribution in [-0.4, -0.2) is 30.1 Å². The summed E-state index contributed by atoms with van der Waals surface area (Å²) in [5.74, 6) is -0.729. The number of amides is 1. The smallest absolute Gasteiger partial charge is 0.416 e. The van der Waals surface area contributed by atoms with Gasteiger partial charge in [-0.05, 0) is 54.4 Å². The van der Waals surface area contributed by atoms with Gasteiger partial charge in [-0.15, -0.1) is 0 Å². The molecule has 0 radical (unpaired) electrons. The number of hydrogen-bond donors (Lipinski definition) is 1. The van der Waals surface area contributed by atoms with Crippen molar-refractivity contribution in [2.24, 2.45) is 0 Å². The Bertz CT molecular complexity index is 1110. The van der Waals surface area contributed by atoms with Gasteiger partial charge in [0, 0.05) is 18.4 Å². The first-order chi connectivity index (χ1) is 15.3. The van der Waals surface area contributed by atoms with E-state index in [2.05, 4.69) is 10.3 Å². The number of alkyl halides is 3. The number of benzene rings is 2. The molecule has 1 aliphatic rings. The van der Waals surface area contributed by atoms with Crippen LogP contribution in [0.2, 0.25) is 0 Å². The predicted molar refractivity (Wildman–Crippen MR) is 108 cm³/mol. The van der Waals surface area contributed by atoms with E-state index in [9.17, 15) is 22.4 Å². The summed E-state index contributed by atoms with van der Waals surface area (Å²) >= 11 is 0. The summed E-state index contributed by atoms with van der Waals surface area (Å²) in [5, 5.41) is 2.85. The van der Waals surface area contributed by atoms with Crippen LogP contribution in [0.1, 0.15) is 22.3 Å². The fourth-order valence-electron chi connectivity index (χ4n) is 3.26. The minimum Gasteiger partial charge on any atom is -0.438 e. The third-order valence-corrected chi connectivity index (χ3v) is 4.91. The van der Waals surface area contributed by atoms with Crippen molar-refractivity contribution in [3.8, 4) is 22.8 Å². The molecule has 1 N–H and O–H groups in total. The Morgan fingerprint density at radius 1 is 1.12 bits per heavy atom. The van der Waals surface area contributed by atoms with E-state index in [-0.39, 0.29) is 29.1 Å². The SMILES string of the molecule is O=C(NC1CCOC1)c1cnc(Oc2ccc(C(F)(F)F)cc2)c(-c2cccc(F)c2)c1. The summed E-state index contributed by atoms with van der Waals surface area (Å²) in [5.41, 5.74) is 0.139. The third-order valence-electron chi connectivity index (χ3n) is 4.91. The second-order valence-electron chi connectivity index (χ2n) is 7.25. The average molecular weight is 446 g/mol. The molecule has 1 amide bonds. The van der Waals surface area contributed by atoms with Gasteiger partial charge >= 0.3 is 6.18 Å². The van der Waals surface area contributed by atoms with Gasteiger partial charge in [-0.1, -0.05) is 12.1 Å². The second kappa shape index (κ2) is 8.96. The van der Waals surface area contributed by atoms with E-state index in [0.29, 0.717) is 30.8 Å². The number of carbonyl (C=O) groups is 1. The van der Waals surface area contributed by atoms with Crippen LogP contribution < -0.4 is 10.1 Å². The van der Waals surface area contributed by atoms with Crippen molar-refractivity contribution in [2.45, 2.75) is 18.6 Å². The van der Waals surface area contributed by atoms with Crippen molar-refractivity contribution in [1.82, 2.24) is 10.3 Å². The molecule has 5 nitrogen and oxygen atoms in total. The highest BCUT2D eigenvalue weighted by molar-refractivity contribution is 5.95. The zero-order valence-corrected chi connectivity index (χ0v) is 16.7. The molecule has 1 saturated heterocycles. The van der Waals surface area contributed by atoms with Crippen LogP contribution in [0.5, 0.6) is 11.6 Å². The highest BCUT2D eigenvalue weighted by Gasteiger charge is 2.30. The molecular formula is C23H18F4N2O3. The molecule has 166 valence electrons. The van der Waals surface area contributed by atoms with Crippen LogP contribution in [0.15, 0.2) is 60.8 Å². The molecule has 32 heavy (non-hydrogen) atoms. The number of hydrogen-bond acceptors (Lipinski definition) is 4. The lowest BCUT2D eigenvalue weighted by atomic mass is 10.0. The van der Waals surface area contributed by atoms with Gasteiger partial charge in [-0.2, -0.15) is 13.2 Å². The average Bonchev–Trinajstić information content (AvgIpc) is 3.27. The number of halogens is 4. The van der Waals surface area contributed by atoms with Gasteiger partial charge in [-0.25, -0.2) is 9.37 Å². The minimum atomic E-state index is -4.47. The number of carbonyl (C=O) groups excluding carboxylic acids is 1. The molecule has 0 aliphatic carbocycles. The Hall–Kier alpha value is -3.46. The highest BCUT2D eigenvalue weighted by atomic mass is 19.4. The van der Waals surface area contributed by atoms with Crippen LogP contribution >= 0.6 is 0 Å². The number of nitrogens with zero attached hydrogens (tertiary/aromatic N) is 1. The van der Waals surface area contributed by atoms with Crippen LogP contribution in [0, 0.1) is 5.82 Å². The van der Waals surface area contributed by atoms with Crippen LogP contribution in [0.3, 0.4) is 0 Å². The third kappa shape index (κ3) is 5.05. The zero-order chi connectivity index (χ0) is 22.7. The molecule has 9 heteroatoms. The van der Waals surface area contributed by atoms with Crippen molar-refractivity contribution < 1.29 is 31.8 Å². The maximum atomic E-state index is 13.8. The number of ether oxygens (including phenoxy) is 2. The zero-order valence-electron chi connectivity index (χ0n) is 16.7. The van der Waals surface area contributed by atoms with E-state index >= 15 is 0 Å². The van der Waals surface area contributed by atoms with Crippen molar-refractivity contribution in [3.05, 3.63) is 77.7 Å². The highest BCUT2D eigenvalue weighted by Crippen LogP contribution is 2.35. The van der Waals surface area contributed by atoms with Gasteiger partial charge in [0.05, 0.1) is 23.8 Å². The summed E-state index contributed by atoms with van der Waals surface area (Å²) in [7, 11) is 0.